The first kappa shape index (κ1) is 24.8. The summed E-state index contributed by atoms with van der Waals surface area (Å²) in [6.45, 7) is 12.5. The van der Waals surface area contributed by atoms with E-state index in [0.717, 1.165) is 33.3 Å². The van der Waals surface area contributed by atoms with Gasteiger partial charge in [-0.25, -0.2) is 0 Å². The molecule has 1 N–H and O–H groups in total. The largest absolute Gasteiger partial charge is 0.349 e. The molecule has 1 aliphatic heterocycles. The number of fused-ring (bicyclic) bond motifs is 5. The summed E-state index contributed by atoms with van der Waals surface area (Å²) in [4.78, 5) is 30.2. The van der Waals surface area contributed by atoms with E-state index >= 15 is 0 Å². The van der Waals surface area contributed by atoms with Crippen LogP contribution in [0.5, 0.6) is 0 Å². The molecule has 0 aliphatic carbocycles. The molecule has 190 valence electrons. The zero-order chi connectivity index (χ0) is 26.5. The summed E-state index contributed by atoms with van der Waals surface area (Å²) < 4.78 is 2.27. The number of nitrogens with zero attached hydrogens (tertiary/aromatic N) is 2. The molecular formula is C32H35N3O2. The number of aromatic nitrogens is 1. The summed E-state index contributed by atoms with van der Waals surface area (Å²) in [5, 5.41) is 4.18. The summed E-state index contributed by atoms with van der Waals surface area (Å²) in [5.74, 6) is -0.309. The van der Waals surface area contributed by atoms with Crippen molar-refractivity contribution in [3.05, 3.63) is 95.6 Å². The van der Waals surface area contributed by atoms with Crippen LogP contribution < -0.4 is 5.32 Å². The Bertz CT molecular complexity index is 1490. The molecule has 37 heavy (non-hydrogen) atoms. The Morgan fingerprint density at radius 2 is 1.41 bits per heavy atom. The summed E-state index contributed by atoms with van der Waals surface area (Å²) in [5.41, 5.74) is 4.42. The van der Waals surface area contributed by atoms with Gasteiger partial charge in [-0.05, 0) is 59.2 Å². The van der Waals surface area contributed by atoms with E-state index < -0.39 is 17.1 Å². The molecule has 1 aromatic heterocycles. The van der Waals surface area contributed by atoms with Crippen molar-refractivity contribution in [1.82, 2.24) is 14.8 Å². The average Bonchev–Trinajstić information content (AvgIpc) is 3.07. The Kier molecular flexibility index (Phi) is 5.98. The van der Waals surface area contributed by atoms with E-state index in [9.17, 15) is 9.59 Å². The van der Waals surface area contributed by atoms with Crippen LogP contribution in [-0.2, 0) is 11.3 Å². The van der Waals surface area contributed by atoms with Crippen molar-refractivity contribution >= 4 is 22.7 Å². The molecule has 4 aromatic rings. The SMILES string of the molecule is CC(C)(C)NC(=O)C1c2c(n(Cc3ccccc3)c3ccccc23)-c2ccccc2C(=O)N1C(C)(C)C. The summed E-state index contributed by atoms with van der Waals surface area (Å²) in [6.07, 6.45) is 0. The lowest BCUT2D eigenvalue weighted by atomic mass is 9.94. The van der Waals surface area contributed by atoms with Crippen LogP contribution in [0.25, 0.3) is 22.2 Å². The standard InChI is InChI=1S/C32H35N3O2/c1-31(2,3)33-29(36)28-26-24-18-12-13-19-25(24)34(20-21-14-8-7-9-15-21)27(26)22-16-10-11-17-23(22)30(37)35(28)32(4,5)6/h7-19,28H,20H2,1-6H3,(H,33,36). The Balaban J connectivity index is 1.90. The predicted molar refractivity (Wildman–Crippen MR) is 149 cm³/mol. The zero-order valence-corrected chi connectivity index (χ0v) is 22.5. The summed E-state index contributed by atoms with van der Waals surface area (Å²) >= 11 is 0. The van der Waals surface area contributed by atoms with E-state index in [4.69, 9.17) is 0 Å². The van der Waals surface area contributed by atoms with Gasteiger partial charge in [0.2, 0.25) is 5.91 Å². The van der Waals surface area contributed by atoms with Crippen LogP contribution in [0, 0.1) is 0 Å². The van der Waals surface area contributed by atoms with E-state index in [1.165, 1.54) is 0 Å². The second kappa shape index (κ2) is 8.91. The van der Waals surface area contributed by atoms with Gasteiger partial charge in [0.25, 0.3) is 5.91 Å². The van der Waals surface area contributed by atoms with Crippen LogP contribution in [0.4, 0.5) is 0 Å². The number of para-hydroxylation sites is 1. The van der Waals surface area contributed by atoms with Crippen LogP contribution in [-0.4, -0.2) is 32.4 Å². The second-order valence-electron chi connectivity index (χ2n) is 11.9. The van der Waals surface area contributed by atoms with Crippen molar-refractivity contribution in [1.29, 1.82) is 0 Å². The molecule has 5 heteroatoms. The van der Waals surface area contributed by atoms with Crippen LogP contribution >= 0.6 is 0 Å². The Morgan fingerprint density at radius 3 is 2.05 bits per heavy atom. The molecule has 0 spiro atoms. The van der Waals surface area contributed by atoms with Crippen LogP contribution in [0.2, 0.25) is 0 Å². The number of nitrogens with one attached hydrogen (secondary N) is 1. The van der Waals surface area contributed by atoms with Gasteiger partial charge in [0, 0.05) is 45.2 Å². The molecule has 5 nitrogen and oxygen atoms in total. The monoisotopic (exact) mass is 493 g/mol. The van der Waals surface area contributed by atoms with Crippen LogP contribution in [0.15, 0.2) is 78.9 Å². The molecule has 0 fully saturated rings. The van der Waals surface area contributed by atoms with Crippen molar-refractivity contribution in [2.75, 3.05) is 0 Å². The maximum Gasteiger partial charge on any atom is 0.255 e. The third-order valence-corrected chi connectivity index (χ3v) is 6.83. The van der Waals surface area contributed by atoms with Gasteiger partial charge >= 0.3 is 0 Å². The fourth-order valence-corrected chi connectivity index (χ4v) is 5.46. The second-order valence-corrected chi connectivity index (χ2v) is 11.9. The van der Waals surface area contributed by atoms with Gasteiger partial charge < -0.3 is 14.8 Å². The third-order valence-electron chi connectivity index (χ3n) is 6.83. The topological polar surface area (TPSA) is 54.3 Å². The number of carbonyl (C=O) groups excluding carboxylic acids is 2. The van der Waals surface area contributed by atoms with Gasteiger partial charge in [-0.3, -0.25) is 9.59 Å². The molecule has 2 heterocycles. The van der Waals surface area contributed by atoms with E-state index in [-0.39, 0.29) is 11.8 Å². The van der Waals surface area contributed by atoms with Gasteiger partial charge in [0.05, 0.1) is 5.69 Å². The molecule has 0 bridgehead atoms. The van der Waals surface area contributed by atoms with Gasteiger partial charge in [-0.15, -0.1) is 0 Å². The lowest BCUT2D eigenvalue weighted by Gasteiger charge is -2.41. The number of hydrogen-bond acceptors (Lipinski definition) is 2. The molecule has 2 amide bonds. The molecule has 0 radical (unpaired) electrons. The molecule has 0 saturated carbocycles. The lowest BCUT2D eigenvalue weighted by molar-refractivity contribution is -0.129. The lowest BCUT2D eigenvalue weighted by Crippen LogP contribution is -2.54. The smallest absolute Gasteiger partial charge is 0.255 e. The highest BCUT2D eigenvalue weighted by molar-refractivity contribution is 6.09. The van der Waals surface area contributed by atoms with E-state index in [1.807, 2.05) is 96.1 Å². The number of benzene rings is 3. The van der Waals surface area contributed by atoms with E-state index in [0.29, 0.717) is 12.1 Å². The minimum absolute atomic E-state index is 0.135. The third kappa shape index (κ3) is 4.43. The molecule has 3 aromatic carbocycles. The van der Waals surface area contributed by atoms with Crippen molar-refractivity contribution in [2.24, 2.45) is 0 Å². The molecular weight excluding hydrogens is 458 g/mol. The van der Waals surface area contributed by atoms with Gasteiger partial charge in [0.15, 0.2) is 0 Å². The first-order valence-corrected chi connectivity index (χ1v) is 12.9. The van der Waals surface area contributed by atoms with Crippen molar-refractivity contribution in [2.45, 2.75) is 65.2 Å². The van der Waals surface area contributed by atoms with E-state index in [1.54, 1.807) is 4.90 Å². The maximum atomic E-state index is 14.3. The number of carbonyl (C=O) groups is 2. The molecule has 5 rings (SSSR count). The molecule has 1 unspecified atom stereocenters. The van der Waals surface area contributed by atoms with Crippen LogP contribution in [0.1, 0.15) is 69.1 Å². The zero-order valence-electron chi connectivity index (χ0n) is 22.5. The highest BCUT2D eigenvalue weighted by Crippen LogP contribution is 2.46. The van der Waals surface area contributed by atoms with E-state index in [2.05, 4.69) is 34.1 Å². The summed E-state index contributed by atoms with van der Waals surface area (Å²) in [7, 11) is 0. The van der Waals surface area contributed by atoms with Gasteiger partial charge in [0.1, 0.15) is 6.04 Å². The van der Waals surface area contributed by atoms with Gasteiger partial charge in [-0.2, -0.15) is 0 Å². The number of amides is 2. The first-order chi connectivity index (χ1) is 17.5. The molecule has 1 atom stereocenters. The number of rotatable bonds is 3. The van der Waals surface area contributed by atoms with Crippen LogP contribution in [0.3, 0.4) is 0 Å². The Morgan fingerprint density at radius 1 is 0.811 bits per heavy atom. The molecule has 0 saturated heterocycles. The molecule has 1 aliphatic rings. The Labute approximate surface area is 219 Å². The quantitative estimate of drug-likeness (QED) is 0.351. The van der Waals surface area contributed by atoms with Crippen molar-refractivity contribution in [3.63, 3.8) is 0 Å². The number of hydrogen-bond donors (Lipinski definition) is 1. The first-order valence-electron chi connectivity index (χ1n) is 12.9. The Hall–Kier alpha value is -3.86. The highest BCUT2D eigenvalue weighted by atomic mass is 16.2. The highest BCUT2D eigenvalue weighted by Gasteiger charge is 2.45. The maximum absolute atomic E-state index is 14.3. The minimum atomic E-state index is -0.795. The minimum Gasteiger partial charge on any atom is -0.349 e. The van der Waals surface area contributed by atoms with Gasteiger partial charge in [-0.1, -0.05) is 66.7 Å². The average molecular weight is 494 g/mol. The predicted octanol–water partition coefficient (Wildman–Crippen LogP) is 6.57. The van der Waals surface area contributed by atoms with Crippen molar-refractivity contribution in [3.8, 4) is 11.3 Å². The fourth-order valence-electron chi connectivity index (χ4n) is 5.46. The normalized spacial score (nSPS) is 15.8. The fraction of sp³-hybridized carbons (Fsp3) is 0.312. The van der Waals surface area contributed by atoms with Crippen molar-refractivity contribution < 1.29 is 9.59 Å². The summed E-state index contributed by atoms with van der Waals surface area (Å²) in [6, 6.07) is 25.5.